The van der Waals surface area contributed by atoms with Crippen molar-refractivity contribution >= 4 is 34.4 Å². The Morgan fingerprint density at radius 3 is 2.41 bits per heavy atom. The van der Waals surface area contributed by atoms with E-state index in [-0.39, 0.29) is 16.3 Å². The van der Waals surface area contributed by atoms with Crippen molar-refractivity contribution in [3.05, 3.63) is 100 Å². The molecule has 4 rings (SSSR count). The number of rotatable bonds is 5. The minimum atomic E-state index is -0.651. The van der Waals surface area contributed by atoms with Gasteiger partial charge in [0.05, 0.1) is 23.3 Å². The van der Waals surface area contributed by atoms with Crippen LogP contribution in [0.2, 0.25) is 5.02 Å². The lowest BCUT2D eigenvalue weighted by atomic mass is 9.99. The van der Waals surface area contributed by atoms with E-state index in [1.165, 1.54) is 55.7 Å². The van der Waals surface area contributed by atoms with Crippen LogP contribution in [-0.2, 0) is 0 Å². The van der Waals surface area contributed by atoms with E-state index < -0.39 is 23.2 Å². The van der Waals surface area contributed by atoms with Gasteiger partial charge in [-0.15, -0.1) is 0 Å². The second-order valence-corrected chi connectivity index (χ2v) is 7.34. The summed E-state index contributed by atoms with van der Waals surface area (Å²) < 4.78 is 46.2. The zero-order chi connectivity index (χ0) is 22.8. The molecule has 1 heterocycles. The zero-order valence-corrected chi connectivity index (χ0v) is 17.5. The number of benzene rings is 3. The first-order valence-corrected chi connectivity index (χ1v) is 9.85. The Kier molecular flexibility index (Phi) is 5.97. The van der Waals surface area contributed by atoms with Crippen molar-refractivity contribution in [2.24, 2.45) is 0 Å². The summed E-state index contributed by atoms with van der Waals surface area (Å²) in [7, 11) is 1.33. The number of carbonyl (C=O) groups is 1. The fraction of sp³-hybridized carbons (Fsp3) is 0.0400. The largest absolute Gasteiger partial charge is 0.494 e. The van der Waals surface area contributed by atoms with Gasteiger partial charge in [0.1, 0.15) is 11.6 Å². The van der Waals surface area contributed by atoms with Gasteiger partial charge < -0.3 is 4.74 Å². The van der Waals surface area contributed by atoms with Gasteiger partial charge in [-0.05, 0) is 65.7 Å². The van der Waals surface area contributed by atoms with E-state index in [2.05, 4.69) is 4.98 Å². The van der Waals surface area contributed by atoms with Gasteiger partial charge in [0.25, 0.3) is 0 Å². The number of methoxy groups -OCH3 is 1. The first-order valence-electron chi connectivity index (χ1n) is 9.47. The number of hydrogen-bond acceptors (Lipinski definition) is 3. The van der Waals surface area contributed by atoms with Crippen LogP contribution < -0.4 is 4.74 Å². The lowest BCUT2D eigenvalue weighted by Gasteiger charge is -2.10. The van der Waals surface area contributed by atoms with E-state index in [1.807, 2.05) is 0 Å². The molecule has 160 valence electrons. The number of fused-ring (bicyclic) bond motifs is 1. The lowest BCUT2D eigenvalue weighted by molar-refractivity contribution is 0.104. The summed E-state index contributed by atoms with van der Waals surface area (Å²) >= 11 is 5.96. The zero-order valence-electron chi connectivity index (χ0n) is 16.7. The molecule has 0 saturated heterocycles. The molecule has 0 saturated carbocycles. The molecule has 0 amide bonds. The molecule has 0 radical (unpaired) electrons. The van der Waals surface area contributed by atoms with Crippen LogP contribution in [0.25, 0.3) is 28.1 Å². The van der Waals surface area contributed by atoms with Gasteiger partial charge in [0.2, 0.25) is 0 Å². The van der Waals surface area contributed by atoms with Gasteiger partial charge in [-0.25, -0.2) is 18.2 Å². The maximum Gasteiger partial charge on any atom is 0.186 e. The Labute approximate surface area is 186 Å². The van der Waals surface area contributed by atoms with E-state index >= 15 is 0 Å². The van der Waals surface area contributed by atoms with Gasteiger partial charge in [0, 0.05) is 17.0 Å². The first kappa shape index (κ1) is 21.6. The summed E-state index contributed by atoms with van der Waals surface area (Å²) in [5, 5.41) is 0.506. The van der Waals surface area contributed by atoms with Crippen LogP contribution >= 0.6 is 11.6 Å². The molecule has 0 atom stereocenters. The standard InChI is InChI=1S/C25H15ClF3NO2/c1-32-25-9-4-15(10-22(25)29)24(31)8-7-17-11-18(14-2-5-16(27)6-3-14)19-12-20(26)21(28)13-23(19)30-17/h2-13H,1H3/b8-7+. The second-order valence-electron chi connectivity index (χ2n) is 6.93. The third-order valence-corrected chi connectivity index (χ3v) is 5.16. The van der Waals surface area contributed by atoms with Crippen molar-refractivity contribution in [2.75, 3.05) is 7.11 Å². The van der Waals surface area contributed by atoms with Crippen molar-refractivity contribution in [3.8, 4) is 16.9 Å². The fourth-order valence-electron chi connectivity index (χ4n) is 3.27. The quantitative estimate of drug-likeness (QED) is 0.244. The Bertz CT molecular complexity index is 1370. The normalized spacial score (nSPS) is 11.3. The molecule has 0 aliphatic carbocycles. The molecule has 3 nitrogen and oxygen atoms in total. The molecule has 1 aromatic heterocycles. The Hall–Kier alpha value is -3.64. The maximum atomic E-state index is 14.1. The summed E-state index contributed by atoms with van der Waals surface area (Å²) in [5.74, 6) is -2.09. The van der Waals surface area contributed by atoms with Crippen molar-refractivity contribution in [2.45, 2.75) is 0 Å². The summed E-state index contributed by atoms with van der Waals surface area (Å²) in [5.41, 5.74) is 2.12. The monoisotopic (exact) mass is 453 g/mol. The molecule has 0 bridgehead atoms. The molecule has 0 aliphatic rings. The maximum absolute atomic E-state index is 14.1. The van der Waals surface area contributed by atoms with E-state index in [4.69, 9.17) is 16.3 Å². The highest BCUT2D eigenvalue weighted by Gasteiger charge is 2.12. The third kappa shape index (κ3) is 4.36. The summed E-state index contributed by atoms with van der Waals surface area (Å²) in [4.78, 5) is 16.9. The molecule has 32 heavy (non-hydrogen) atoms. The van der Waals surface area contributed by atoms with E-state index in [1.54, 1.807) is 18.2 Å². The molecule has 4 aromatic rings. The minimum Gasteiger partial charge on any atom is -0.494 e. The van der Waals surface area contributed by atoms with Crippen LogP contribution in [0.5, 0.6) is 5.75 Å². The smallest absolute Gasteiger partial charge is 0.186 e. The third-order valence-electron chi connectivity index (χ3n) is 4.87. The summed E-state index contributed by atoms with van der Waals surface area (Å²) in [6.45, 7) is 0. The highest BCUT2D eigenvalue weighted by Crippen LogP contribution is 2.32. The van der Waals surface area contributed by atoms with E-state index in [9.17, 15) is 18.0 Å². The molecule has 7 heteroatoms. The minimum absolute atomic E-state index is 0.0337. The van der Waals surface area contributed by atoms with Gasteiger partial charge >= 0.3 is 0 Å². The van der Waals surface area contributed by atoms with Crippen LogP contribution in [0, 0.1) is 17.5 Å². The number of pyridine rings is 1. The number of hydrogen-bond donors (Lipinski definition) is 0. The molecular weight excluding hydrogens is 439 g/mol. The SMILES string of the molecule is COc1ccc(C(=O)/C=C/c2cc(-c3ccc(F)cc3)c3cc(Cl)c(F)cc3n2)cc1F. The van der Waals surface area contributed by atoms with Crippen molar-refractivity contribution in [1.29, 1.82) is 0 Å². The Morgan fingerprint density at radius 1 is 0.969 bits per heavy atom. The van der Waals surface area contributed by atoms with Crippen molar-refractivity contribution < 1.29 is 22.7 Å². The first-order chi connectivity index (χ1) is 15.4. The van der Waals surface area contributed by atoms with Gasteiger partial charge in [-0.1, -0.05) is 23.7 Å². The molecule has 0 spiro atoms. The second kappa shape index (κ2) is 8.85. The molecule has 0 aliphatic heterocycles. The predicted molar refractivity (Wildman–Crippen MR) is 118 cm³/mol. The molecule has 0 N–H and O–H groups in total. The van der Waals surface area contributed by atoms with Crippen molar-refractivity contribution in [1.82, 2.24) is 4.98 Å². The molecule has 3 aromatic carbocycles. The topological polar surface area (TPSA) is 39.2 Å². The Balaban J connectivity index is 1.77. The lowest BCUT2D eigenvalue weighted by Crippen LogP contribution is -1.97. The van der Waals surface area contributed by atoms with Crippen LogP contribution in [-0.4, -0.2) is 17.9 Å². The number of nitrogens with zero attached hydrogens (tertiary/aromatic N) is 1. The Morgan fingerprint density at radius 2 is 1.72 bits per heavy atom. The molecule has 0 unspecified atom stereocenters. The van der Waals surface area contributed by atoms with Crippen LogP contribution in [0.1, 0.15) is 16.1 Å². The summed E-state index contributed by atoms with van der Waals surface area (Å²) in [6, 6.07) is 14.0. The summed E-state index contributed by atoms with van der Waals surface area (Å²) in [6.07, 6.45) is 2.69. The van der Waals surface area contributed by atoms with Crippen LogP contribution in [0.15, 0.2) is 66.7 Å². The molecule has 0 fully saturated rings. The number of allylic oxidation sites excluding steroid dienone is 1. The number of ketones is 1. The fourth-order valence-corrected chi connectivity index (χ4v) is 3.44. The highest BCUT2D eigenvalue weighted by atomic mass is 35.5. The van der Waals surface area contributed by atoms with Crippen molar-refractivity contribution in [3.63, 3.8) is 0 Å². The highest BCUT2D eigenvalue weighted by molar-refractivity contribution is 6.31. The number of ether oxygens (including phenoxy) is 1. The number of carbonyl (C=O) groups excluding carboxylic acids is 1. The van der Waals surface area contributed by atoms with E-state index in [0.717, 1.165) is 6.07 Å². The van der Waals surface area contributed by atoms with Gasteiger partial charge in [-0.2, -0.15) is 0 Å². The number of aromatic nitrogens is 1. The van der Waals surface area contributed by atoms with Crippen LogP contribution in [0.4, 0.5) is 13.2 Å². The molecular formula is C25H15ClF3NO2. The van der Waals surface area contributed by atoms with Gasteiger partial charge in [-0.3, -0.25) is 4.79 Å². The van der Waals surface area contributed by atoms with E-state index in [0.29, 0.717) is 27.7 Å². The van der Waals surface area contributed by atoms with Crippen LogP contribution in [0.3, 0.4) is 0 Å². The average Bonchev–Trinajstić information content (AvgIpc) is 2.78. The average molecular weight is 454 g/mol. The van der Waals surface area contributed by atoms with Gasteiger partial charge in [0.15, 0.2) is 17.3 Å². The predicted octanol–water partition coefficient (Wildman–Crippen LogP) is 6.88. The number of halogens is 4.